The summed E-state index contributed by atoms with van der Waals surface area (Å²) >= 11 is 0. The summed E-state index contributed by atoms with van der Waals surface area (Å²) in [6.07, 6.45) is 0.887. The number of hydrogen-bond donors (Lipinski definition) is 0. The maximum Gasteiger partial charge on any atom is 0.356 e. The average Bonchev–Trinajstić information content (AvgIpc) is 3.27. The summed E-state index contributed by atoms with van der Waals surface area (Å²) in [4.78, 5) is 0. The second-order valence-electron chi connectivity index (χ2n) is 9.48. The molecule has 1 fully saturated rings. The van der Waals surface area contributed by atoms with Gasteiger partial charge in [0.1, 0.15) is 0 Å². The van der Waals surface area contributed by atoms with Crippen molar-refractivity contribution in [1.82, 2.24) is 0 Å². The quantitative estimate of drug-likeness (QED) is 0.287. The zero-order chi connectivity index (χ0) is 24.7. The first-order valence-corrected chi connectivity index (χ1v) is 15.8. The second kappa shape index (κ2) is 12.1. The van der Waals surface area contributed by atoms with E-state index in [0.29, 0.717) is 26.2 Å². The zero-order valence-electron chi connectivity index (χ0n) is 21.1. The van der Waals surface area contributed by atoms with E-state index in [-0.39, 0.29) is 17.5 Å². The van der Waals surface area contributed by atoms with Crippen LogP contribution in [0.2, 0.25) is 5.04 Å². The molecule has 2 aromatic carbocycles. The van der Waals surface area contributed by atoms with Crippen LogP contribution in [0.5, 0.6) is 0 Å². The molecule has 0 spiro atoms. The van der Waals surface area contributed by atoms with Gasteiger partial charge in [-0.3, -0.25) is 4.57 Å². The summed E-state index contributed by atoms with van der Waals surface area (Å²) in [7, 11) is -5.88. The van der Waals surface area contributed by atoms with E-state index in [1.165, 1.54) is 10.4 Å². The van der Waals surface area contributed by atoms with E-state index in [2.05, 4.69) is 69.3 Å². The molecular weight excluding hydrogens is 467 g/mol. The Morgan fingerprint density at radius 3 is 1.91 bits per heavy atom. The van der Waals surface area contributed by atoms with Crippen molar-refractivity contribution in [2.75, 3.05) is 26.2 Å². The van der Waals surface area contributed by atoms with E-state index in [0.717, 1.165) is 6.42 Å². The third-order valence-electron chi connectivity index (χ3n) is 6.04. The molecule has 0 aromatic heterocycles. The van der Waals surface area contributed by atoms with Gasteiger partial charge in [0.05, 0.1) is 25.9 Å². The second-order valence-corrected chi connectivity index (χ2v) is 15.8. The molecule has 0 aliphatic carbocycles. The van der Waals surface area contributed by atoms with Crippen molar-refractivity contribution in [3.63, 3.8) is 0 Å². The topological polar surface area (TPSA) is 63.2 Å². The Morgan fingerprint density at radius 1 is 0.912 bits per heavy atom. The molecule has 0 amide bonds. The fourth-order valence-electron chi connectivity index (χ4n) is 4.58. The molecule has 0 radical (unpaired) electrons. The van der Waals surface area contributed by atoms with Gasteiger partial charge in [0, 0.05) is 6.42 Å². The molecule has 1 heterocycles. The lowest BCUT2D eigenvalue weighted by Gasteiger charge is -2.43. The van der Waals surface area contributed by atoms with Crippen LogP contribution < -0.4 is 10.4 Å². The molecule has 34 heavy (non-hydrogen) atoms. The van der Waals surface area contributed by atoms with Crippen LogP contribution >= 0.6 is 7.60 Å². The highest BCUT2D eigenvalue weighted by Gasteiger charge is 2.50. The minimum atomic E-state index is -3.26. The van der Waals surface area contributed by atoms with Crippen molar-refractivity contribution in [2.45, 2.75) is 64.9 Å². The van der Waals surface area contributed by atoms with Crippen molar-refractivity contribution >= 4 is 26.3 Å². The van der Waals surface area contributed by atoms with Gasteiger partial charge in [0.25, 0.3) is 8.32 Å². The highest BCUT2D eigenvalue weighted by molar-refractivity contribution is 7.53. The Balaban J connectivity index is 1.73. The summed E-state index contributed by atoms with van der Waals surface area (Å²) in [5.41, 5.74) is 0. The van der Waals surface area contributed by atoms with E-state index in [1.807, 2.05) is 12.1 Å². The summed E-state index contributed by atoms with van der Waals surface area (Å²) in [6.45, 7) is 11.5. The third kappa shape index (κ3) is 6.46. The van der Waals surface area contributed by atoms with Crippen LogP contribution in [-0.4, -0.2) is 46.9 Å². The molecule has 6 nitrogen and oxygen atoms in total. The standard InChI is InChI=1S/C26H39O6PSi/c1-6-29-33(27,30-7-2)21-28-25-19-18-22(32-25)20-31-34(26(3,4)5,23-14-10-8-11-15-23)24-16-12-9-13-17-24/h8-17,22,25H,6-7,18-21H2,1-5H3/t22-,25+/m1/s1. The first kappa shape index (κ1) is 27.3. The smallest absolute Gasteiger partial charge is 0.356 e. The lowest BCUT2D eigenvalue weighted by molar-refractivity contribution is -0.130. The summed E-state index contributed by atoms with van der Waals surface area (Å²) < 4.78 is 42.2. The zero-order valence-corrected chi connectivity index (χ0v) is 23.0. The molecule has 188 valence electrons. The molecule has 2 atom stereocenters. The molecule has 0 saturated carbocycles. The Kier molecular flexibility index (Phi) is 9.70. The van der Waals surface area contributed by atoms with Crippen LogP contribution in [-0.2, 0) is 27.5 Å². The molecule has 2 aromatic rings. The van der Waals surface area contributed by atoms with Gasteiger partial charge >= 0.3 is 7.60 Å². The van der Waals surface area contributed by atoms with Gasteiger partial charge in [0.2, 0.25) is 0 Å². The lowest BCUT2D eigenvalue weighted by Crippen LogP contribution is -2.67. The third-order valence-corrected chi connectivity index (χ3v) is 12.8. The van der Waals surface area contributed by atoms with Gasteiger partial charge in [-0.25, -0.2) is 0 Å². The maximum atomic E-state index is 12.7. The van der Waals surface area contributed by atoms with Gasteiger partial charge in [-0.1, -0.05) is 81.4 Å². The average molecular weight is 507 g/mol. The highest BCUT2D eigenvalue weighted by atomic mass is 31.2. The van der Waals surface area contributed by atoms with Crippen molar-refractivity contribution in [3.05, 3.63) is 60.7 Å². The van der Waals surface area contributed by atoms with Crippen LogP contribution in [0.3, 0.4) is 0 Å². The number of ether oxygens (including phenoxy) is 2. The summed E-state index contributed by atoms with van der Waals surface area (Å²) in [5.74, 6) is 0. The van der Waals surface area contributed by atoms with Gasteiger partial charge in [0.15, 0.2) is 12.6 Å². The molecule has 0 bridgehead atoms. The van der Waals surface area contributed by atoms with E-state index in [1.54, 1.807) is 13.8 Å². The van der Waals surface area contributed by atoms with Crippen molar-refractivity contribution in [1.29, 1.82) is 0 Å². The van der Waals surface area contributed by atoms with Crippen LogP contribution in [0.1, 0.15) is 47.5 Å². The number of benzene rings is 2. The van der Waals surface area contributed by atoms with Gasteiger partial charge in [-0.05, 0) is 35.7 Å². The molecule has 3 rings (SSSR count). The fraction of sp³-hybridized carbons (Fsp3) is 0.538. The Hall–Kier alpha value is -1.31. The van der Waals surface area contributed by atoms with Gasteiger partial charge in [-0.2, -0.15) is 0 Å². The normalized spacial score (nSPS) is 19.4. The van der Waals surface area contributed by atoms with Gasteiger partial charge in [-0.15, -0.1) is 0 Å². The molecule has 1 aliphatic heterocycles. The minimum Gasteiger partial charge on any atom is -0.405 e. The summed E-state index contributed by atoms with van der Waals surface area (Å²) in [5, 5.41) is 2.40. The highest BCUT2D eigenvalue weighted by Crippen LogP contribution is 2.48. The van der Waals surface area contributed by atoms with Crippen LogP contribution in [0, 0.1) is 0 Å². The Bertz CT molecular complexity index is 868. The monoisotopic (exact) mass is 506 g/mol. The minimum absolute atomic E-state index is 0.0914. The predicted octanol–water partition coefficient (Wildman–Crippen LogP) is 5.31. The van der Waals surface area contributed by atoms with Crippen LogP contribution in [0.15, 0.2) is 60.7 Å². The lowest BCUT2D eigenvalue weighted by atomic mass is 10.2. The van der Waals surface area contributed by atoms with Crippen molar-refractivity contribution in [2.24, 2.45) is 0 Å². The fourth-order valence-corrected chi connectivity index (χ4v) is 10.5. The largest absolute Gasteiger partial charge is 0.405 e. The molecule has 8 heteroatoms. The van der Waals surface area contributed by atoms with E-state index in [4.69, 9.17) is 22.9 Å². The summed E-state index contributed by atoms with van der Waals surface area (Å²) in [6, 6.07) is 21.2. The molecule has 1 aliphatic rings. The van der Waals surface area contributed by atoms with Crippen molar-refractivity contribution in [3.8, 4) is 0 Å². The van der Waals surface area contributed by atoms with Gasteiger partial charge < -0.3 is 22.9 Å². The van der Waals surface area contributed by atoms with E-state index >= 15 is 0 Å². The van der Waals surface area contributed by atoms with Crippen LogP contribution in [0.4, 0.5) is 0 Å². The first-order chi connectivity index (χ1) is 16.2. The maximum absolute atomic E-state index is 12.7. The first-order valence-electron chi connectivity index (χ1n) is 12.1. The Labute approximate surface area is 205 Å². The van der Waals surface area contributed by atoms with E-state index in [9.17, 15) is 4.57 Å². The predicted molar refractivity (Wildman–Crippen MR) is 138 cm³/mol. The number of rotatable bonds is 12. The number of hydrogen-bond acceptors (Lipinski definition) is 6. The van der Waals surface area contributed by atoms with Crippen molar-refractivity contribution < 1.29 is 27.5 Å². The SMILES string of the molecule is CCOP(=O)(CO[C@@H]1CC[C@H](CO[Si](c2ccccc2)(c2ccccc2)C(C)(C)C)O1)OCC. The molecule has 0 N–H and O–H groups in total. The van der Waals surface area contributed by atoms with E-state index < -0.39 is 22.2 Å². The Morgan fingerprint density at radius 2 is 1.44 bits per heavy atom. The van der Waals surface area contributed by atoms with Crippen LogP contribution in [0.25, 0.3) is 0 Å². The molecule has 0 unspecified atom stereocenters. The molecule has 1 saturated heterocycles. The molecular formula is C26H39O6PSi.